The monoisotopic (exact) mass is 305 g/mol. The lowest BCUT2D eigenvalue weighted by Crippen LogP contribution is -2.19. The highest BCUT2D eigenvalue weighted by molar-refractivity contribution is 5.75. The van der Waals surface area contributed by atoms with Gasteiger partial charge in [0.1, 0.15) is 11.6 Å². The number of carboxylic acids is 1. The molecule has 3 N–H and O–H groups in total. The van der Waals surface area contributed by atoms with E-state index in [1.54, 1.807) is 12.1 Å². The van der Waals surface area contributed by atoms with Crippen LogP contribution in [0, 0.1) is 5.82 Å². The maximum Gasteiger partial charge on any atom is 0.307 e. The van der Waals surface area contributed by atoms with Crippen LogP contribution in [0.2, 0.25) is 0 Å². The maximum atomic E-state index is 12.3. The summed E-state index contributed by atoms with van der Waals surface area (Å²) in [5.74, 6) is -1.26. The summed E-state index contributed by atoms with van der Waals surface area (Å²) in [6.07, 6.45) is 0.112. The topological polar surface area (TPSA) is 89.6 Å². The summed E-state index contributed by atoms with van der Waals surface area (Å²) in [7, 11) is 0. The van der Waals surface area contributed by atoms with Crippen molar-refractivity contribution in [2.75, 3.05) is 6.61 Å². The first-order valence-corrected chi connectivity index (χ1v) is 6.40. The Morgan fingerprint density at radius 3 is 2.14 bits per heavy atom. The molecule has 6 heteroatoms. The first-order chi connectivity index (χ1) is 10.5. The van der Waals surface area contributed by atoms with E-state index in [1.165, 1.54) is 24.3 Å². The van der Waals surface area contributed by atoms with Crippen molar-refractivity contribution in [2.45, 2.75) is 6.42 Å². The molecule has 0 aliphatic carbocycles. The Bertz CT molecular complexity index is 599. The molecule has 5 nitrogen and oxygen atoms in total. The number of halogens is 1. The van der Waals surface area contributed by atoms with Gasteiger partial charge in [0.25, 0.3) is 5.91 Å². The number of nitrogens with two attached hydrogens (primary N) is 1. The van der Waals surface area contributed by atoms with E-state index in [1.807, 2.05) is 18.2 Å². The molecule has 0 saturated heterocycles. The molecule has 116 valence electrons. The Hall–Kier alpha value is -2.89. The predicted octanol–water partition coefficient (Wildman–Crippen LogP) is 2.00. The van der Waals surface area contributed by atoms with Crippen LogP contribution in [0.1, 0.15) is 5.56 Å². The van der Waals surface area contributed by atoms with Crippen LogP contribution in [0.5, 0.6) is 5.75 Å². The zero-order valence-corrected chi connectivity index (χ0v) is 11.7. The number of rotatable bonds is 5. The molecule has 2 aromatic carbocycles. The Kier molecular flexibility index (Phi) is 7.12. The summed E-state index contributed by atoms with van der Waals surface area (Å²) in [4.78, 5) is 20.4. The molecule has 0 aliphatic rings. The minimum atomic E-state index is -0.786. The molecule has 22 heavy (non-hydrogen) atoms. The number of carboxylic acid groups (broad SMARTS) is 1. The van der Waals surface area contributed by atoms with Gasteiger partial charge in [-0.15, -0.1) is 0 Å². The number of hydrogen-bond acceptors (Lipinski definition) is 3. The fourth-order valence-corrected chi connectivity index (χ4v) is 1.46. The van der Waals surface area contributed by atoms with E-state index in [0.717, 1.165) is 5.56 Å². The molecular formula is C16H16FNO4. The quantitative estimate of drug-likeness (QED) is 0.884. The largest absolute Gasteiger partial charge is 0.484 e. The Labute approximate surface area is 127 Å². The number of hydrogen-bond donors (Lipinski definition) is 2. The molecule has 0 aliphatic heterocycles. The lowest BCUT2D eigenvalue weighted by Gasteiger charge is -2.01. The van der Waals surface area contributed by atoms with Gasteiger partial charge in [0.15, 0.2) is 6.61 Å². The van der Waals surface area contributed by atoms with Crippen molar-refractivity contribution >= 4 is 11.9 Å². The van der Waals surface area contributed by atoms with E-state index in [9.17, 15) is 14.0 Å². The zero-order valence-electron chi connectivity index (χ0n) is 11.7. The van der Waals surface area contributed by atoms with Gasteiger partial charge < -0.3 is 15.6 Å². The molecule has 0 radical (unpaired) electrons. The molecule has 0 fully saturated rings. The molecule has 2 rings (SSSR count). The molecule has 0 unspecified atom stereocenters. The average Bonchev–Trinajstić information content (AvgIpc) is 2.48. The van der Waals surface area contributed by atoms with E-state index in [-0.39, 0.29) is 18.8 Å². The van der Waals surface area contributed by atoms with Crippen molar-refractivity contribution in [1.82, 2.24) is 0 Å². The molecule has 0 atom stereocenters. The van der Waals surface area contributed by atoms with Gasteiger partial charge in [-0.1, -0.05) is 30.3 Å². The van der Waals surface area contributed by atoms with Gasteiger partial charge in [-0.25, -0.2) is 4.39 Å². The van der Waals surface area contributed by atoms with Gasteiger partial charge in [-0.3, -0.25) is 9.59 Å². The van der Waals surface area contributed by atoms with E-state index in [2.05, 4.69) is 0 Å². The number of benzene rings is 2. The zero-order chi connectivity index (χ0) is 16.4. The van der Waals surface area contributed by atoms with Gasteiger partial charge in [-0.05, 0) is 29.8 Å². The van der Waals surface area contributed by atoms with Gasteiger partial charge in [0.05, 0.1) is 6.42 Å². The minimum absolute atomic E-state index is 0.112. The Balaban J connectivity index is 0.000000224. The summed E-state index contributed by atoms with van der Waals surface area (Å²) < 4.78 is 17.2. The highest BCUT2D eigenvalue weighted by atomic mass is 19.1. The molecule has 0 aromatic heterocycles. The van der Waals surface area contributed by atoms with Gasteiger partial charge in [0.2, 0.25) is 0 Å². The number of carbonyl (C=O) groups excluding carboxylic acids is 1. The molecule has 0 bridgehead atoms. The fraction of sp³-hybridized carbons (Fsp3) is 0.125. The average molecular weight is 305 g/mol. The molecule has 1 amide bonds. The van der Waals surface area contributed by atoms with Crippen molar-refractivity contribution in [2.24, 2.45) is 5.73 Å². The van der Waals surface area contributed by atoms with Crippen LogP contribution >= 0.6 is 0 Å². The normalized spacial score (nSPS) is 9.32. The predicted molar refractivity (Wildman–Crippen MR) is 78.9 cm³/mol. The van der Waals surface area contributed by atoms with Crippen LogP contribution < -0.4 is 10.5 Å². The van der Waals surface area contributed by atoms with Crippen LogP contribution in [0.25, 0.3) is 0 Å². The lowest BCUT2D eigenvalue weighted by atomic mass is 10.2. The number of carbonyl (C=O) groups is 2. The van der Waals surface area contributed by atoms with E-state index in [0.29, 0.717) is 5.75 Å². The van der Waals surface area contributed by atoms with Gasteiger partial charge >= 0.3 is 5.97 Å². The third-order valence-corrected chi connectivity index (χ3v) is 2.39. The van der Waals surface area contributed by atoms with Crippen LogP contribution in [-0.4, -0.2) is 23.6 Å². The Morgan fingerprint density at radius 1 is 1.05 bits per heavy atom. The summed E-state index contributed by atoms with van der Waals surface area (Å²) in [6.45, 7) is -0.189. The summed E-state index contributed by atoms with van der Waals surface area (Å²) in [6, 6.07) is 14.5. The van der Waals surface area contributed by atoms with Crippen molar-refractivity contribution in [3.8, 4) is 5.75 Å². The van der Waals surface area contributed by atoms with Crippen LogP contribution in [0.15, 0.2) is 54.6 Å². The van der Waals surface area contributed by atoms with Gasteiger partial charge in [-0.2, -0.15) is 0 Å². The van der Waals surface area contributed by atoms with Crippen molar-refractivity contribution < 1.29 is 23.8 Å². The van der Waals surface area contributed by atoms with Crippen molar-refractivity contribution in [3.63, 3.8) is 0 Å². The van der Waals surface area contributed by atoms with E-state index >= 15 is 0 Å². The number of amides is 1. The van der Waals surface area contributed by atoms with E-state index in [4.69, 9.17) is 15.6 Å². The summed E-state index contributed by atoms with van der Waals surface area (Å²) in [5.41, 5.74) is 5.67. The maximum absolute atomic E-state index is 12.3. The standard InChI is InChI=1S/C8H8FNO2.C8H8O2/c9-6-1-3-7(4-2-6)12-5-8(10)11;9-8(10)6-7-4-2-1-3-5-7/h1-4H,5H2,(H2,10,11);1-5H,6H2,(H,9,10). The van der Waals surface area contributed by atoms with Crippen molar-refractivity contribution in [3.05, 3.63) is 66.0 Å². The second-order valence-corrected chi connectivity index (χ2v) is 4.27. The van der Waals surface area contributed by atoms with Gasteiger partial charge in [0, 0.05) is 0 Å². The SMILES string of the molecule is NC(=O)COc1ccc(F)cc1.O=C(O)Cc1ccccc1. The fourth-order valence-electron chi connectivity index (χ4n) is 1.46. The third kappa shape index (κ3) is 7.64. The summed E-state index contributed by atoms with van der Waals surface area (Å²) in [5, 5.41) is 8.37. The number of aliphatic carboxylic acids is 1. The molecular weight excluding hydrogens is 289 g/mol. The first kappa shape index (κ1) is 17.2. The smallest absolute Gasteiger partial charge is 0.307 e. The third-order valence-electron chi connectivity index (χ3n) is 2.39. The highest BCUT2D eigenvalue weighted by Gasteiger charge is 1.97. The van der Waals surface area contributed by atoms with Crippen LogP contribution in [0.3, 0.4) is 0 Å². The Morgan fingerprint density at radius 2 is 1.64 bits per heavy atom. The van der Waals surface area contributed by atoms with E-state index < -0.39 is 11.9 Å². The highest BCUT2D eigenvalue weighted by Crippen LogP contribution is 2.10. The second-order valence-electron chi connectivity index (χ2n) is 4.27. The van der Waals surface area contributed by atoms with Crippen molar-refractivity contribution in [1.29, 1.82) is 0 Å². The molecule has 0 saturated carbocycles. The van der Waals surface area contributed by atoms with Crippen LogP contribution in [0.4, 0.5) is 4.39 Å². The minimum Gasteiger partial charge on any atom is -0.484 e. The molecule has 2 aromatic rings. The number of ether oxygens (including phenoxy) is 1. The first-order valence-electron chi connectivity index (χ1n) is 6.40. The summed E-state index contributed by atoms with van der Waals surface area (Å²) >= 11 is 0. The molecule has 0 spiro atoms. The molecule has 0 heterocycles. The number of primary amides is 1. The van der Waals surface area contributed by atoms with Crippen LogP contribution in [-0.2, 0) is 16.0 Å². The second kappa shape index (κ2) is 9.12. The lowest BCUT2D eigenvalue weighted by molar-refractivity contribution is -0.136.